The summed E-state index contributed by atoms with van der Waals surface area (Å²) in [6.07, 6.45) is 0. The van der Waals surface area contributed by atoms with Crippen LogP contribution in [0.4, 0.5) is 0 Å². The normalized spacial score (nSPS) is 11.1. The Kier molecular flexibility index (Phi) is 10.9. The van der Waals surface area contributed by atoms with E-state index in [1.807, 2.05) is 33.8 Å². The van der Waals surface area contributed by atoms with E-state index in [0.717, 1.165) is 28.3 Å². The average molecular weight is 502 g/mol. The molecule has 0 aliphatic carbocycles. The van der Waals surface area contributed by atoms with E-state index in [-0.39, 0.29) is 24.0 Å². The summed E-state index contributed by atoms with van der Waals surface area (Å²) >= 11 is 0. The van der Waals surface area contributed by atoms with Gasteiger partial charge >= 0.3 is 0 Å². The van der Waals surface area contributed by atoms with Crippen molar-refractivity contribution in [1.29, 1.82) is 0 Å². The van der Waals surface area contributed by atoms with Gasteiger partial charge in [-0.1, -0.05) is 12.1 Å². The van der Waals surface area contributed by atoms with Crippen LogP contribution in [-0.4, -0.2) is 37.8 Å². The lowest BCUT2D eigenvalue weighted by Crippen LogP contribution is -2.36. The third-order valence-corrected chi connectivity index (χ3v) is 4.06. The SMILES string of the molecule is CCOCCOc1cc(C)ccc1CNC(=NC)NCc1nc(C)c(C)o1.I. The Labute approximate surface area is 184 Å². The number of nitrogens with one attached hydrogen (secondary N) is 2. The second kappa shape index (κ2) is 12.6. The minimum absolute atomic E-state index is 0. The largest absolute Gasteiger partial charge is 0.491 e. The Morgan fingerprint density at radius 2 is 1.89 bits per heavy atom. The molecule has 0 bridgehead atoms. The Morgan fingerprint density at radius 3 is 2.54 bits per heavy atom. The number of aromatic nitrogens is 1. The van der Waals surface area contributed by atoms with Crippen molar-refractivity contribution in [3.63, 3.8) is 0 Å². The molecule has 1 aromatic heterocycles. The van der Waals surface area contributed by atoms with Gasteiger partial charge < -0.3 is 24.5 Å². The molecule has 0 aliphatic heterocycles. The van der Waals surface area contributed by atoms with Crippen LogP contribution >= 0.6 is 24.0 Å². The predicted molar refractivity (Wildman–Crippen MR) is 122 cm³/mol. The van der Waals surface area contributed by atoms with E-state index < -0.39 is 0 Å². The Morgan fingerprint density at radius 1 is 1.14 bits per heavy atom. The third-order valence-electron chi connectivity index (χ3n) is 4.06. The van der Waals surface area contributed by atoms with E-state index in [1.54, 1.807) is 7.05 Å². The first kappa shape index (κ1) is 24.2. The molecule has 0 saturated carbocycles. The molecule has 0 saturated heterocycles. The lowest BCUT2D eigenvalue weighted by molar-refractivity contribution is 0.110. The summed E-state index contributed by atoms with van der Waals surface area (Å²) in [7, 11) is 1.73. The third kappa shape index (κ3) is 7.67. The van der Waals surface area contributed by atoms with Gasteiger partial charge in [-0.05, 0) is 39.3 Å². The maximum Gasteiger partial charge on any atom is 0.214 e. The minimum atomic E-state index is 0. The molecule has 28 heavy (non-hydrogen) atoms. The molecule has 1 heterocycles. The van der Waals surface area contributed by atoms with Gasteiger partial charge in [0, 0.05) is 25.8 Å². The zero-order valence-corrected chi connectivity index (χ0v) is 19.6. The van der Waals surface area contributed by atoms with Crippen molar-refractivity contribution < 1.29 is 13.9 Å². The Bertz CT molecular complexity index is 742. The van der Waals surface area contributed by atoms with E-state index >= 15 is 0 Å². The van der Waals surface area contributed by atoms with Crippen LogP contribution in [0.15, 0.2) is 27.6 Å². The summed E-state index contributed by atoms with van der Waals surface area (Å²) in [6.45, 7) is 10.7. The van der Waals surface area contributed by atoms with Gasteiger partial charge in [-0.25, -0.2) is 4.98 Å². The summed E-state index contributed by atoms with van der Waals surface area (Å²) in [5.74, 6) is 3.01. The van der Waals surface area contributed by atoms with E-state index in [9.17, 15) is 0 Å². The van der Waals surface area contributed by atoms with Crippen LogP contribution in [0, 0.1) is 20.8 Å². The minimum Gasteiger partial charge on any atom is -0.491 e. The number of hydrogen-bond acceptors (Lipinski definition) is 5. The molecule has 1 aromatic carbocycles. The fourth-order valence-electron chi connectivity index (χ4n) is 2.47. The molecule has 2 rings (SSSR count). The van der Waals surface area contributed by atoms with Crippen LogP contribution in [0.1, 0.15) is 35.4 Å². The predicted octanol–water partition coefficient (Wildman–Crippen LogP) is 3.50. The number of guanidine groups is 1. The van der Waals surface area contributed by atoms with Crippen LogP contribution in [0.25, 0.3) is 0 Å². The molecule has 2 aromatic rings. The maximum absolute atomic E-state index is 5.88. The van der Waals surface area contributed by atoms with Crippen LogP contribution < -0.4 is 15.4 Å². The van der Waals surface area contributed by atoms with Crippen LogP contribution in [-0.2, 0) is 17.8 Å². The Balaban J connectivity index is 0.00000392. The number of aryl methyl sites for hydroxylation is 3. The molecule has 0 aliphatic rings. The molecule has 0 unspecified atom stereocenters. The number of nitrogens with zero attached hydrogens (tertiary/aromatic N) is 2. The smallest absolute Gasteiger partial charge is 0.214 e. The van der Waals surface area contributed by atoms with E-state index in [2.05, 4.69) is 32.7 Å². The topological polar surface area (TPSA) is 80.9 Å². The number of hydrogen-bond donors (Lipinski definition) is 2. The summed E-state index contributed by atoms with van der Waals surface area (Å²) in [5, 5.41) is 6.51. The summed E-state index contributed by atoms with van der Waals surface area (Å²) in [5.41, 5.74) is 3.12. The first-order valence-corrected chi connectivity index (χ1v) is 9.21. The van der Waals surface area contributed by atoms with Crippen molar-refractivity contribution in [3.8, 4) is 5.75 Å². The fourth-order valence-corrected chi connectivity index (χ4v) is 2.47. The molecule has 7 nitrogen and oxygen atoms in total. The van der Waals surface area contributed by atoms with Crippen molar-refractivity contribution in [3.05, 3.63) is 46.7 Å². The van der Waals surface area contributed by atoms with Crippen molar-refractivity contribution in [2.24, 2.45) is 4.99 Å². The molecule has 2 N–H and O–H groups in total. The van der Waals surface area contributed by atoms with Gasteiger partial charge in [0.1, 0.15) is 18.1 Å². The lowest BCUT2D eigenvalue weighted by Gasteiger charge is -2.15. The van der Waals surface area contributed by atoms with Gasteiger partial charge in [0.05, 0.1) is 18.8 Å². The first-order valence-electron chi connectivity index (χ1n) is 9.21. The van der Waals surface area contributed by atoms with E-state index in [1.165, 1.54) is 0 Å². The number of benzene rings is 1. The van der Waals surface area contributed by atoms with Crippen molar-refractivity contribution in [2.45, 2.75) is 40.8 Å². The quantitative estimate of drug-likeness (QED) is 0.237. The molecule has 0 radical (unpaired) electrons. The molecule has 0 spiro atoms. The highest BCUT2D eigenvalue weighted by Gasteiger charge is 2.08. The zero-order chi connectivity index (χ0) is 19.6. The first-order chi connectivity index (χ1) is 13.0. The summed E-state index contributed by atoms with van der Waals surface area (Å²) < 4.78 is 16.8. The molecule has 8 heteroatoms. The van der Waals surface area contributed by atoms with Crippen molar-refractivity contribution in [1.82, 2.24) is 15.6 Å². The van der Waals surface area contributed by atoms with Gasteiger partial charge in [-0.15, -0.1) is 24.0 Å². The molecular weight excluding hydrogens is 471 g/mol. The summed E-state index contributed by atoms with van der Waals surface area (Å²) in [4.78, 5) is 8.61. The van der Waals surface area contributed by atoms with Gasteiger partial charge in [0.2, 0.25) is 5.89 Å². The number of halogens is 1. The summed E-state index contributed by atoms with van der Waals surface area (Å²) in [6, 6.07) is 6.17. The highest BCUT2D eigenvalue weighted by molar-refractivity contribution is 14.0. The lowest BCUT2D eigenvalue weighted by atomic mass is 10.1. The number of aliphatic imine (C=N–C) groups is 1. The van der Waals surface area contributed by atoms with Gasteiger partial charge in [0.15, 0.2) is 5.96 Å². The van der Waals surface area contributed by atoms with E-state index in [0.29, 0.717) is 44.8 Å². The number of ether oxygens (including phenoxy) is 2. The second-order valence-corrected chi connectivity index (χ2v) is 6.19. The van der Waals surface area contributed by atoms with Gasteiger partial charge in [0.25, 0.3) is 0 Å². The zero-order valence-electron chi connectivity index (χ0n) is 17.3. The van der Waals surface area contributed by atoms with E-state index in [4.69, 9.17) is 13.9 Å². The second-order valence-electron chi connectivity index (χ2n) is 6.19. The molecule has 0 amide bonds. The number of rotatable bonds is 9. The van der Waals surface area contributed by atoms with Crippen LogP contribution in [0.2, 0.25) is 0 Å². The molecule has 156 valence electrons. The molecular formula is C20H31IN4O3. The van der Waals surface area contributed by atoms with Gasteiger partial charge in [-0.2, -0.15) is 0 Å². The fraction of sp³-hybridized carbons (Fsp3) is 0.500. The highest BCUT2D eigenvalue weighted by Crippen LogP contribution is 2.20. The standard InChI is InChI=1S/C20H30N4O3.HI/c1-6-25-9-10-26-18-11-14(2)7-8-17(18)12-22-20(21-5)23-13-19-24-15(3)16(4)27-19;/h7-8,11H,6,9-10,12-13H2,1-5H3,(H2,21,22,23);1H. The van der Waals surface area contributed by atoms with Gasteiger partial charge in [-0.3, -0.25) is 4.99 Å². The molecule has 0 fully saturated rings. The Hall–Kier alpha value is -1.81. The maximum atomic E-state index is 5.88. The van der Waals surface area contributed by atoms with Crippen molar-refractivity contribution in [2.75, 3.05) is 26.9 Å². The van der Waals surface area contributed by atoms with Crippen molar-refractivity contribution >= 4 is 29.9 Å². The van der Waals surface area contributed by atoms with Crippen LogP contribution in [0.3, 0.4) is 0 Å². The monoisotopic (exact) mass is 502 g/mol. The molecule has 0 atom stereocenters. The number of oxazole rings is 1. The van der Waals surface area contributed by atoms with Crippen LogP contribution in [0.5, 0.6) is 5.75 Å². The highest BCUT2D eigenvalue weighted by atomic mass is 127. The average Bonchev–Trinajstić information content (AvgIpc) is 2.98.